The molecule has 0 spiro atoms. The smallest absolute Gasteiger partial charge is 0.238 e. The Hall–Kier alpha value is -1.53. The fraction of sp³-hybridized carbons (Fsp3) is 0.556. The Balaban J connectivity index is 2.59. The topological polar surface area (TPSA) is 52.7 Å². The zero-order valence-electron chi connectivity index (χ0n) is 15.5. The van der Waals surface area contributed by atoms with Crippen LogP contribution in [0.1, 0.15) is 27.7 Å². The van der Waals surface area contributed by atoms with Gasteiger partial charge in [0, 0.05) is 17.0 Å². The van der Waals surface area contributed by atoms with E-state index in [9.17, 15) is 9.59 Å². The number of para-hydroxylation sites is 1. The summed E-state index contributed by atoms with van der Waals surface area (Å²) in [5.41, 5.74) is 0.806. The van der Waals surface area contributed by atoms with Gasteiger partial charge in [0.1, 0.15) is 0 Å². The third-order valence-electron chi connectivity index (χ3n) is 3.60. The van der Waals surface area contributed by atoms with E-state index in [0.717, 1.165) is 10.6 Å². The second-order valence-electron chi connectivity index (χ2n) is 6.41. The van der Waals surface area contributed by atoms with Crippen molar-refractivity contribution in [2.75, 3.05) is 31.7 Å². The molecule has 134 valence electrons. The number of likely N-dealkylation sites (N-methyl/N-ethyl adjacent to an activating group) is 1. The van der Waals surface area contributed by atoms with Crippen molar-refractivity contribution in [1.29, 1.82) is 0 Å². The van der Waals surface area contributed by atoms with Crippen molar-refractivity contribution < 1.29 is 9.59 Å². The predicted molar refractivity (Wildman–Crippen MR) is 101 cm³/mol. The Morgan fingerprint density at radius 2 is 1.67 bits per heavy atom. The molecular weight excluding hydrogens is 322 g/mol. The van der Waals surface area contributed by atoms with Crippen molar-refractivity contribution in [1.82, 2.24) is 9.80 Å². The molecule has 1 aromatic carbocycles. The van der Waals surface area contributed by atoms with Crippen LogP contribution in [0.25, 0.3) is 0 Å². The normalized spacial score (nSPS) is 11.2. The van der Waals surface area contributed by atoms with E-state index in [4.69, 9.17) is 0 Å². The third-order valence-corrected chi connectivity index (χ3v) is 4.40. The maximum atomic E-state index is 12.4. The molecule has 0 radical (unpaired) electrons. The number of hydrogen-bond acceptors (Lipinski definition) is 4. The molecule has 1 N–H and O–H groups in total. The fourth-order valence-electron chi connectivity index (χ4n) is 2.72. The van der Waals surface area contributed by atoms with E-state index in [0.29, 0.717) is 0 Å². The van der Waals surface area contributed by atoms with Gasteiger partial charge in [0.15, 0.2) is 0 Å². The van der Waals surface area contributed by atoms with Gasteiger partial charge in [0.05, 0.1) is 18.8 Å². The van der Waals surface area contributed by atoms with E-state index in [-0.39, 0.29) is 37.0 Å². The van der Waals surface area contributed by atoms with Crippen LogP contribution >= 0.6 is 11.8 Å². The number of benzene rings is 1. The van der Waals surface area contributed by atoms with Gasteiger partial charge in [0.2, 0.25) is 11.8 Å². The molecule has 0 bridgehead atoms. The lowest BCUT2D eigenvalue weighted by Gasteiger charge is -2.32. The van der Waals surface area contributed by atoms with Gasteiger partial charge in [-0.3, -0.25) is 14.5 Å². The van der Waals surface area contributed by atoms with Crippen molar-refractivity contribution in [3.8, 4) is 0 Å². The number of amides is 2. The van der Waals surface area contributed by atoms with Crippen LogP contribution < -0.4 is 5.32 Å². The van der Waals surface area contributed by atoms with E-state index in [2.05, 4.69) is 5.32 Å². The van der Waals surface area contributed by atoms with E-state index >= 15 is 0 Å². The number of rotatable bonds is 8. The number of carbonyl (C=O) groups is 2. The molecule has 0 saturated carbocycles. The average Bonchev–Trinajstić information content (AvgIpc) is 2.46. The van der Waals surface area contributed by atoms with Gasteiger partial charge in [-0.15, -0.1) is 11.8 Å². The van der Waals surface area contributed by atoms with Crippen LogP contribution in [0.15, 0.2) is 29.2 Å². The van der Waals surface area contributed by atoms with Gasteiger partial charge >= 0.3 is 0 Å². The highest BCUT2D eigenvalue weighted by Gasteiger charge is 2.21. The van der Waals surface area contributed by atoms with Gasteiger partial charge < -0.3 is 10.2 Å². The molecule has 0 heterocycles. The van der Waals surface area contributed by atoms with E-state index < -0.39 is 0 Å². The molecule has 0 aliphatic heterocycles. The second kappa shape index (κ2) is 9.69. The maximum absolute atomic E-state index is 12.4. The van der Waals surface area contributed by atoms with Crippen molar-refractivity contribution in [3.05, 3.63) is 24.3 Å². The van der Waals surface area contributed by atoms with E-state index in [1.165, 1.54) is 0 Å². The summed E-state index contributed by atoms with van der Waals surface area (Å²) in [5, 5.41) is 2.91. The Kier molecular flexibility index (Phi) is 8.28. The van der Waals surface area contributed by atoms with Crippen LogP contribution in [-0.2, 0) is 9.59 Å². The standard InChI is InChI=1S/C18H29N3O2S/c1-13(2)21(14(3)4)18(23)12-20(5)11-17(22)19-15-9-7-8-10-16(15)24-6/h7-10,13-14H,11-12H2,1-6H3,(H,19,22). The van der Waals surface area contributed by atoms with Gasteiger partial charge in [-0.25, -0.2) is 0 Å². The molecule has 1 aromatic rings. The van der Waals surface area contributed by atoms with Crippen LogP contribution in [0.2, 0.25) is 0 Å². The minimum absolute atomic E-state index is 0.0415. The highest BCUT2D eigenvalue weighted by atomic mass is 32.2. The first kappa shape index (κ1) is 20.5. The summed E-state index contributed by atoms with van der Waals surface area (Å²) in [7, 11) is 1.79. The Labute approximate surface area is 149 Å². The molecule has 0 aliphatic rings. The highest BCUT2D eigenvalue weighted by Crippen LogP contribution is 2.24. The van der Waals surface area contributed by atoms with Gasteiger partial charge in [0.25, 0.3) is 0 Å². The minimum Gasteiger partial charge on any atom is -0.337 e. The zero-order valence-corrected chi connectivity index (χ0v) is 16.3. The van der Waals surface area contributed by atoms with Gasteiger partial charge in [-0.05, 0) is 53.1 Å². The molecule has 0 aliphatic carbocycles. The first-order valence-corrected chi connectivity index (χ1v) is 9.41. The number of carbonyl (C=O) groups excluding carboxylic acids is 2. The molecule has 0 atom stereocenters. The summed E-state index contributed by atoms with van der Waals surface area (Å²) in [6, 6.07) is 7.98. The average molecular weight is 352 g/mol. The molecule has 1 rings (SSSR count). The van der Waals surface area contributed by atoms with Crippen molar-refractivity contribution >= 4 is 29.3 Å². The van der Waals surface area contributed by atoms with Crippen LogP contribution in [0.3, 0.4) is 0 Å². The Morgan fingerprint density at radius 1 is 1.08 bits per heavy atom. The second-order valence-corrected chi connectivity index (χ2v) is 7.26. The van der Waals surface area contributed by atoms with Gasteiger partial charge in [-0.2, -0.15) is 0 Å². The van der Waals surface area contributed by atoms with Crippen molar-refractivity contribution in [2.45, 2.75) is 44.7 Å². The summed E-state index contributed by atoms with van der Waals surface area (Å²) < 4.78 is 0. The first-order valence-electron chi connectivity index (χ1n) is 8.18. The summed E-state index contributed by atoms with van der Waals surface area (Å²) >= 11 is 1.59. The van der Waals surface area contributed by atoms with Crippen molar-refractivity contribution in [3.63, 3.8) is 0 Å². The van der Waals surface area contributed by atoms with Crippen LogP contribution in [-0.4, -0.2) is 60.1 Å². The molecular formula is C18H29N3O2S. The molecule has 2 amide bonds. The molecule has 6 heteroatoms. The maximum Gasteiger partial charge on any atom is 0.238 e. The number of hydrogen-bond donors (Lipinski definition) is 1. The predicted octanol–water partition coefficient (Wildman–Crippen LogP) is 2.92. The fourth-order valence-corrected chi connectivity index (χ4v) is 3.28. The molecule has 0 saturated heterocycles. The number of anilines is 1. The van der Waals surface area contributed by atoms with Crippen LogP contribution in [0, 0.1) is 0 Å². The lowest BCUT2D eigenvalue weighted by atomic mass is 10.2. The largest absolute Gasteiger partial charge is 0.337 e. The minimum atomic E-state index is -0.118. The number of nitrogens with one attached hydrogen (secondary N) is 1. The number of thioether (sulfide) groups is 1. The summed E-state index contributed by atoms with van der Waals surface area (Å²) in [6.07, 6.45) is 1.97. The van der Waals surface area contributed by atoms with Gasteiger partial charge in [-0.1, -0.05) is 12.1 Å². The quantitative estimate of drug-likeness (QED) is 0.732. The molecule has 0 unspecified atom stereocenters. The van der Waals surface area contributed by atoms with E-state index in [1.54, 1.807) is 23.7 Å². The lowest BCUT2D eigenvalue weighted by Crippen LogP contribution is -2.47. The Morgan fingerprint density at radius 3 is 2.21 bits per heavy atom. The summed E-state index contributed by atoms with van der Waals surface area (Å²) in [5.74, 6) is -0.0766. The summed E-state index contributed by atoms with van der Waals surface area (Å²) in [4.78, 5) is 29.3. The Bertz CT molecular complexity index is 553. The highest BCUT2D eigenvalue weighted by molar-refractivity contribution is 7.98. The van der Waals surface area contributed by atoms with E-state index in [1.807, 2.05) is 63.1 Å². The van der Waals surface area contributed by atoms with Crippen molar-refractivity contribution in [2.24, 2.45) is 0 Å². The zero-order chi connectivity index (χ0) is 18.3. The van der Waals surface area contributed by atoms with Crippen LogP contribution in [0.5, 0.6) is 0 Å². The third kappa shape index (κ3) is 6.17. The van der Waals surface area contributed by atoms with Crippen LogP contribution in [0.4, 0.5) is 5.69 Å². The first-order chi connectivity index (χ1) is 11.3. The molecule has 24 heavy (non-hydrogen) atoms. The monoisotopic (exact) mass is 351 g/mol. The lowest BCUT2D eigenvalue weighted by molar-refractivity contribution is -0.135. The molecule has 0 fully saturated rings. The number of nitrogens with zero attached hydrogens (tertiary/aromatic N) is 2. The molecule has 0 aromatic heterocycles. The molecule has 5 nitrogen and oxygen atoms in total. The SMILES string of the molecule is CSc1ccccc1NC(=O)CN(C)CC(=O)N(C(C)C)C(C)C. The summed E-state index contributed by atoms with van der Waals surface area (Å²) in [6.45, 7) is 8.42.